The van der Waals surface area contributed by atoms with Crippen LogP contribution >= 0.6 is 0 Å². The molecular weight excluding hydrogens is 465 g/mol. The summed E-state index contributed by atoms with van der Waals surface area (Å²) in [6.07, 6.45) is 5.08. The molecule has 190 valence electrons. The van der Waals surface area contributed by atoms with Crippen LogP contribution in [0.4, 0.5) is 13.2 Å². The molecule has 4 rings (SSSR count). The summed E-state index contributed by atoms with van der Waals surface area (Å²) in [6, 6.07) is 14.8. The van der Waals surface area contributed by atoms with E-state index >= 15 is 8.78 Å². The predicted octanol–water partition coefficient (Wildman–Crippen LogP) is 7.98. The molecule has 1 aliphatic carbocycles. The van der Waals surface area contributed by atoms with E-state index in [1.165, 1.54) is 18.2 Å². The van der Waals surface area contributed by atoms with E-state index < -0.39 is 17.5 Å². The van der Waals surface area contributed by atoms with E-state index in [2.05, 4.69) is 6.58 Å². The summed E-state index contributed by atoms with van der Waals surface area (Å²) in [7, 11) is 0. The van der Waals surface area contributed by atoms with Crippen LogP contribution in [0.3, 0.4) is 0 Å². The van der Waals surface area contributed by atoms with Crippen LogP contribution in [-0.2, 0) is 11.3 Å². The first-order valence-electron chi connectivity index (χ1n) is 12.3. The lowest BCUT2D eigenvalue weighted by molar-refractivity contribution is 0.0325. The smallest absolute Gasteiger partial charge is 0.168 e. The van der Waals surface area contributed by atoms with Crippen LogP contribution in [0.5, 0.6) is 11.5 Å². The molecule has 0 spiro atoms. The van der Waals surface area contributed by atoms with Gasteiger partial charge in [-0.05, 0) is 67.3 Å². The molecule has 0 heterocycles. The molecule has 1 aliphatic rings. The largest absolute Gasteiger partial charge is 0.489 e. The minimum atomic E-state index is -0.822. The standard InChI is InChI=1S/C30H31F3O3/c1-3-17-35-28-16-13-24(18-27(28)31)36-19-20-5-7-21(8-6-20)25-14-15-26(30(33)29(25)32)22-9-11-23(12-10-22)34-4-2/h3,5-8,13-16,18,22-23H,1,4,9-12,17,19H2,2H3. The van der Waals surface area contributed by atoms with E-state index in [0.717, 1.165) is 31.2 Å². The number of rotatable bonds is 10. The fraction of sp³-hybridized carbons (Fsp3) is 0.333. The molecule has 0 amide bonds. The van der Waals surface area contributed by atoms with Crippen molar-refractivity contribution in [2.45, 2.75) is 51.2 Å². The van der Waals surface area contributed by atoms with E-state index in [1.807, 2.05) is 6.92 Å². The van der Waals surface area contributed by atoms with Gasteiger partial charge in [0, 0.05) is 18.2 Å². The van der Waals surface area contributed by atoms with E-state index in [4.69, 9.17) is 14.2 Å². The maximum Gasteiger partial charge on any atom is 0.168 e. The molecule has 6 heteroatoms. The third kappa shape index (κ3) is 6.11. The molecule has 0 atom stereocenters. The van der Waals surface area contributed by atoms with Crippen molar-refractivity contribution in [3.8, 4) is 22.6 Å². The second kappa shape index (κ2) is 12.1. The molecule has 3 nitrogen and oxygen atoms in total. The molecule has 0 radical (unpaired) electrons. The molecule has 0 saturated heterocycles. The van der Waals surface area contributed by atoms with Crippen LogP contribution in [0.2, 0.25) is 0 Å². The van der Waals surface area contributed by atoms with Crippen molar-refractivity contribution in [3.63, 3.8) is 0 Å². The van der Waals surface area contributed by atoms with Crippen LogP contribution < -0.4 is 9.47 Å². The van der Waals surface area contributed by atoms with Gasteiger partial charge < -0.3 is 14.2 Å². The maximum absolute atomic E-state index is 15.0. The SMILES string of the molecule is C=CCOc1ccc(OCc2ccc(-c3ccc(C4CCC(OCC)CC4)c(F)c3F)cc2)cc1F. The Hall–Kier alpha value is -3.25. The Morgan fingerprint density at radius 3 is 2.31 bits per heavy atom. The van der Waals surface area contributed by atoms with Gasteiger partial charge in [-0.15, -0.1) is 0 Å². The van der Waals surface area contributed by atoms with Gasteiger partial charge in [-0.2, -0.15) is 0 Å². The Morgan fingerprint density at radius 1 is 0.889 bits per heavy atom. The van der Waals surface area contributed by atoms with E-state index in [1.54, 1.807) is 42.5 Å². The Labute approximate surface area is 210 Å². The summed E-state index contributed by atoms with van der Waals surface area (Å²) in [5, 5.41) is 0. The first-order valence-corrected chi connectivity index (χ1v) is 12.3. The molecule has 3 aromatic carbocycles. The minimum absolute atomic E-state index is 0.0113. The van der Waals surface area contributed by atoms with Crippen LogP contribution in [0.25, 0.3) is 11.1 Å². The second-order valence-electron chi connectivity index (χ2n) is 8.94. The molecule has 0 aromatic heterocycles. The molecule has 0 unspecified atom stereocenters. The summed E-state index contributed by atoms with van der Waals surface area (Å²) < 4.78 is 60.7. The Bertz CT molecular complexity index is 1170. The number of halogens is 3. The fourth-order valence-corrected chi connectivity index (χ4v) is 4.66. The van der Waals surface area contributed by atoms with Gasteiger partial charge >= 0.3 is 0 Å². The Balaban J connectivity index is 1.39. The molecule has 0 N–H and O–H groups in total. The van der Waals surface area contributed by atoms with Gasteiger partial charge in [-0.3, -0.25) is 0 Å². The molecular formula is C30H31F3O3. The van der Waals surface area contributed by atoms with Crippen molar-refractivity contribution in [2.75, 3.05) is 13.2 Å². The van der Waals surface area contributed by atoms with E-state index in [9.17, 15) is 4.39 Å². The monoisotopic (exact) mass is 496 g/mol. The number of hydrogen-bond acceptors (Lipinski definition) is 3. The van der Waals surface area contributed by atoms with Crippen molar-refractivity contribution in [1.82, 2.24) is 0 Å². The highest BCUT2D eigenvalue weighted by Gasteiger charge is 2.26. The molecule has 0 bridgehead atoms. The van der Waals surface area contributed by atoms with E-state index in [0.29, 0.717) is 23.5 Å². The number of benzene rings is 3. The third-order valence-corrected chi connectivity index (χ3v) is 6.56. The Kier molecular flexibility index (Phi) is 8.70. The van der Waals surface area contributed by atoms with Gasteiger partial charge in [0.05, 0.1) is 6.10 Å². The van der Waals surface area contributed by atoms with Gasteiger partial charge in [-0.1, -0.05) is 49.1 Å². The van der Waals surface area contributed by atoms with Crippen LogP contribution in [0.15, 0.2) is 67.3 Å². The van der Waals surface area contributed by atoms with Gasteiger partial charge in [-0.25, -0.2) is 13.2 Å². The lowest BCUT2D eigenvalue weighted by Gasteiger charge is -2.29. The van der Waals surface area contributed by atoms with Gasteiger partial charge in [0.15, 0.2) is 23.2 Å². The molecule has 1 fully saturated rings. The van der Waals surface area contributed by atoms with Crippen LogP contribution in [-0.4, -0.2) is 19.3 Å². The predicted molar refractivity (Wildman–Crippen MR) is 135 cm³/mol. The highest BCUT2D eigenvalue weighted by Crippen LogP contribution is 2.38. The normalized spacial score (nSPS) is 17.6. The summed E-state index contributed by atoms with van der Waals surface area (Å²) in [5.41, 5.74) is 2.07. The van der Waals surface area contributed by atoms with Crippen molar-refractivity contribution in [1.29, 1.82) is 0 Å². The summed E-state index contributed by atoms with van der Waals surface area (Å²) >= 11 is 0. The molecule has 0 aliphatic heterocycles. The average Bonchev–Trinajstić information content (AvgIpc) is 2.90. The average molecular weight is 497 g/mol. The number of hydrogen-bond donors (Lipinski definition) is 0. The summed E-state index contributed by atoms with van der Waals surface area (Å²) in [5.74, 6) is -1.60. The first-order chi connectivity index (χ1) is 17.5. The van der Waals surface area contributed by atoms with Gasteiger partial charge in [0.25, 0.3) is 0 Å². The van der Waals surface area contributed by atoms with Crippen LogP contribution in [0.1, 0.15) is 49.7 Å². The quantitative estimate of drug-likeness (QED) is 0.266. The zero-order chi connectivity index (χ0) is 25.5. The summed E-state index contributed by atoms with van der Waals surface area (Å²) in [6.45, 7) is 6.60. The van der Waals surface area contributed by atoms with Gasteiger partial charge in [0.2, 0.25) is 0 Å². The Morgan fingerprint density at radius 2 is 1.64 bits per heavy atom. The van der Waals surface area contributed by atoms with E-state index in [-0.39, 0.29) is 36.5 Å². The van der Waals surface area contributed by atoms with Crippen molar-refractivity contribution in [2.24, 2.45) is 0 Å². The van der Waals surface area contributed by atoms with Gasteiger partial charge in [0.1, 0.15) is 19.0 Å². The lowest BCUT2D eigenvalue weighted by atomic mass is 9.82. The van der Waals surface area contributed by atoms with Crippen molar-refractivity contribution < 1.29 is 27.4 Å². The number of ether oxygens (including phenoxy) is 3. The maximum atomic E-state index is 15.0. The summed E-state index contributed by atoms with van der Waals surface area (Å²) in [4.78, 5) is 0. The molecule has 3 aromatic rings. The van der Waals surface area contributed by atoms with Crippen molar-refractivity contribution in [3.05, 3.63) is 95.8 Å². The van der Waals surface area contributed by atoms with Crippen LogP contribution in [0, 0.1) is 17.5 Å². The second-order valence-corrected chi connectivity index (χ2v) is 8.94. The molecule has 1 saturated carbocycles. The molecule has 36 heavy (non-hydrogen) atoms. The third-order valence-electron chi connectivity index (χ3n) is 6.56. The highest BCUT2D eigenvalue weighted by atomic mass is 19.2. The minimum Gasteiger partial charge on any atom is -0.489 e. The fourth-order valence-electron chi connectivity index (χ4n) is 4.66. The lowest BCUT2D eigenvalue weighted by Crippen LogP contribution is -2.21. The topological polar surface area (TPSA) is 27.7 Å². The zero-order valence-corrected chi connectivity index (χ0v) is 20.4. The van der Waals surface area contributed by atoms with Crippen molar-refractivity contribution >= 4 is 0 Å². The highest BCUT2D eigenvalue weighted by molar-refractivity contribution is 5.65. The first kappa shape index (κ1) is 25.8. The zero-order valence-electron chi connectivity index (χ0n) is 20.4.